The van der Waals surface area contributed by atoms with Crippen molar-refractivity contribution in [2.45, 2.75) is 44.1 Å². The Bertz CT molecular complexity index is 557. The van der Waals surface area contributed by atoms with Crippen molar-refractivity contribution < 1.29 is 13.5 Å². The fourth-order valence-electron chi connectivity index (χ4n) is 2.37. The lowest BCUT2D eigenvalue weighted by atomic mass is 9.85. The van der Waals surface area contributed by atoms with Crippen LogP contribution in [0.25, 0.3) is 0 Å². The van der Waals surface area contributed by atoms with E-state index in [2.05, 4.69) is 6.92 Å². The highest BCUT2D eigenvalue weighted by Crippen LogP contribution is 2.33. The quantitative estimate of drug-likeness (QED) is 0.904. The summed E-state index contributed by atoms with van der Waals surface area (Å²) in [5.41, 5.74) is 0.267. The predicted octanol–water partition coefficient (Wildman–Crippen LogP) is 2.03. The topological polar surface area (TPSA) is 57.6 Å². The van der Waals surface area contributed by atoms with Gasteiger partial charge in [0.15, 0.2) is 0 Å². The summed E-state index contributed by atoms with van der Waals surface area (Å²) in [6.45, 7) is 6.28. The predicted molar refractivity (Wildman–Crippen MR) is 79.0 cm³/mol. The van der Waals surface area contributed by atoms with Crippen LogP contribution in [-0.4, -0.2) is 36.5 Å². The monoisotopic (exact) mass is 297 g/mol. The Morgan fingerprint density at radius 1 is 1.25 bits per heavy atom. The van der Waals surface area contributed by atoms with Crippen LogP contribution in [0.4, 0.5) is 0 Å². The van der Waals surface area contributed by atoms with E-state index in [9.17, 15) is 13.5 Å². The minimum absolute atomic E-state index is 0.0564. The highest BCUT2D eigenvalue weighted by molar-refractivity contribution is 7.89. The molecule has 0 aromatic heterocycles. The largest absolute Gasteiger partial charge is 0.387 e. The summed E-state index contributed by atoms with van der Waals surface area (Å²) >= 11 is 0. The zero-order valence-corrected chi connectivity index (χ0v) is 13.2. The van der Waals surface area contributed by atoms with Crippen LogP contribution in [0.3, 0.4) is 0 Å². The third-order valence-electron chi connectivity index (χ3n) is 4.07. The number of β-amino-alcohol motifs (C(OH)–C–C–N with tert-alkyl or cyclic N) is 1. The smallest absolute Gasteiger partial charge is 0.243 e. The maximum atomic E-state index is 12.4. The van der Waals surface area contributed by atoms with Gasteiger partial charge >= 0.3 is 0 Å². The number of hydrogen-bond acceptors (Lipinski definition) is 3. The molecule has 1 aromatic rings. The summed E-state index contributed by atoms with van der Waals surface area (Å²) in [6, 6.07) is 7.05. The first kappa shape index (κ1) is 15.5. The fraction of sp³-hybridized carbons (Fsp3) is 0.600. The van der Waals surface area contributed by atoms with Gasteiger partial charge in [-0.2, -0.15) is 4.31 Å². The minimum Gasteiger partial charge on any atom is -0.387 e. The second-order valence-corrected chi connectivity index (χ2v) is 7.86. The summed E-state index contributed by atoms with van der Waals surface area (Å²) in [5.74, 6) is 0.0564. The molecule has 1 saturated heterocycles. The second-order valence-electron chi connectivity index (χ2n) is 5.93. The number of rotatable bonds is 5. The van der Waals surface area contributed by atoms with Crippen molar-refractivity contribution in [3.05, 3.63) is 29.8 Å². The van der Waals surface area contributed by atoms with Gasteiger partial charge in [0.2, 0.25) is 10.0 Å². The maximum absolute atomic E-state index is 12.4. The molecule has 2 rings (SSSR count). The zero-order chi connectivity index (χ0) is 15.0. The molecular weight excluding hydrogens is 274 g/mol. The van der Waals surface area contributed by atoms with Crippen LogP contribution in [0, 0.1) is 5.92 Å². The van der Waals surface area contributed by atoms with Crippen molar-refractivity contribution in [2.24, 2.45) is 5.92 Å². The molecule has 0 amide bonds. The molecule has 1 aromatic carbocycles. The molecule has 1 fully saturated rings. The Hall–Kier alpha value is -0.910. The van der Waals surface area contributed by atoms with Gasteiger partial charge in [-0.05, 0) is 30.0 Å². The average Bonchev–Trinajstić information content (AvgIpc) is 2.35. The molecule has 0 unspecified atom stereocenters. The molecule has 1 aliphatic heterocycles. The molecule has 0 atom stereocenters. The van der Waals surface area contributed by atoms with Gasteiger partial charge < -0.3 is 5.11 Å². The number of aryl methyl sites for hydroxylation is 1. The fourth-order valence-corrected chi connectivity index (χ4v) is 3.93. The van der Waals surface area contributed by atoms with Crippen molar-refractivity contribution >= 4 is 10.0 Å². The SMILES string of the molecule is CCCc1ccc(S(=O)(=O)N2CC(O)(C(C)C)C2)cc1. The first-order valence-electron chi connectivity index (χ1n) is 7.11. The molecule has 1 aliphatic rings. The van der Waals surface area contributed by atoms with E-state index in [1.807, 2.05) is 26.0 Å². The van der Waals surface area contributed by atoms with Gasteiger partial charge in [-0.15, -0.1) is 0 Å². The van der Waals surface area contributed by atoms with Crippen LogP contribution in [0.5, 0.6) is 0 Å². The van der Waals surface area contributed by atoms with Crippen LogP contribution in [0.15, 0.2) is 29.2 Å². The number of sulfonamides is 1. The first-order valence-corrected chi connectivity index (χ1v) is 8.55. The van der Waals surface area contributed by atoms with E-state index < -0.39 is 15.6 Å². The van der Waals surface area contributed by atoms with Crippen LogP contribution in [0.2, 0.25) is 0 Å². The summed E-state index contributed by atoms with van der Waals surface area (Å²) < 4.78 is 26.2. The van der Waals surface area contributed by atoms with Crippen molar-refractivity contribution in [3.8, 4) is 0 Å². The maximum Gasteiger partial charge on any atom is 0.243 e. The van der Waals surface area contributed by atoms with Crippen LogP contribution in [0.1, 0.15) is 32.8 Å². The number of aliphatic hydroxyl groups is 1. The summed E-state index contributed by atoms with van der Waals surface area (Å²) in [7, 11) is -3.47. The van der Waals surface area contributed by atoms with E-state index in [0.29, 0.717) is 4.90 Å². The Kier molecular flexibility index (Phi) is 4.23. The highest BCUT2D eigenvalue weighted by atomic mass is 32.2. The number of benzene rings is 1. The molecule has 112 valence electrons. The summed E-state index contributed by atoms with van der Waals surface area (Å²) in [5, 5.41) is 10.2. The normalized spacial score (nSPS) is 19.1. The van der Waals surface area contributed by atoms with Gasteiger partial charge in [0.05, 0.1) is 10.5 Å². The Labute approximate surface area is 121 Å². The molecule has 4 nitrogen and oxygen atoms in total. The van der Waals surface area contributed by atoms with Crippen LogP contribution >= 0.6 is 0 Å². The second kappa shape index (κ2) is 5.47. The third kappa shape index (κ3) is 2.75. The zero-order valence-electron chi connectivity index (χ0n) is 12.3. The lowest BCUT2D eigenvalue weighted by Crippen LogP contribution is -2.65. The standard InChI is InChI=1S/C15H23NO3S/c1-4-5-13-6-8-14(9-7-13)20(18,19)16-10-15(17,11-16)12(2)3/h6-9,12,17H,4-5,10-11H2,1-3H3. The molecule has 0 spiro atoms. The summed E-state index contributed by atoms with van der Waals surface area (Å²) in [6.07, 6.45) is 2.00. The molecule has 1 N–H and O–H groups in total. The third-order valence-corrected chi connectivity index (χ3v) is 5.88. The molecule has 0 saturated carbocycles. The van der Waals surface area contributed by atoms with Crippen molar-refractivity contribution in [3.63, 3.8) is 0 Å². The Balaban J connectivity index is 2.12. The van der Waals surface area contributed by atoms with Gasteiger partial charge in [0, 0.05) is 13.1 Å². The molecule has 0 aliphatic carbocycles. The van der Waals surface area contributed by atoms with Crippen molar-refractivity contribution in [2.75, 3.05) is 13.1 Å². The van der Waals surface area contributed by atoms with Crippen LogP contribution in [-0.2, 0) is 16.4 Å². The first-order chi connectivity index (χ1) is 9.29. The van der Waals surface area contributed by atoms with E-state index in [-0.39, 0.29) is 19.0 Å². The lowest BCUT2D eigenvalue weighted by Gasteiger charge is -2.47. The average molecular weight is 297 g/mol. The molecule has 0 bridgehead atoms. The van der Waals surface area contributed by atoms with E-state index in [1.54, 1.807) is 12.1 Å². The molecular formula is C15H23NO3S. The Morgan fingerprint density at radius 3 is 2.25 bits per heavy atom. The van der Waals surface area contributed by atoms with E-state index >= 15 is 0 Å². The van der Waals surface area contributed by atoms with Crippen molar-refractivity contribution in [1.82, 2.24) is 4.31 Å². The van der Waals surface area contributed by atoms with Gasteiger partial charge in [-0.1, -0.05) is 39.3 Å². The van der Waals surface area contributed by atoms with Gasteiger partial charge in [-0.3, -0.25) is 0 Å². The van der Waals surface area contributed by atoms with E-state index in [0.717, 1.165) is 18.4 Å². The minimum atomic E-state index is -3.47. The molecule has 1 heterocycles. The summed E-state index contributed by atoms with van der Waals surface area (Å²) in [4.78, 5) is 0.308. The molecule has 20 heavy (non-hydrogen) atoms. The van der Waals surface area contributed by atoms with Gasteiger partial charge in [0.1, 0.15) is 0 Å². The van der Waals surface area contributed by atoms with Gasteiger partial charge in [0.25, 0.3) is 0 Å². The molecule has 0 radical (unpaired) electrons. The van der Waals surface area contributed by atoms with E-state index in [1.165, 1.54) is 4.31 Å². The van der Waals surface area contributed by atoms with Gasteiger partial charge in [-0.25, -0.2) is 8.42 Å². The molecule has 5 heteroatoms. The van der Waals surface area contributed by atoms with E-state index in [4.69, 9.17) is 0 Å². The number of nitrogens with zero attached hydrogens (tertiary/aromatic N) is 1. The lowest BCUT2D eigenvalue weighted by molar-refractivity contribution is -0.0932. The van der Waals surface area contributed by atoms with Crippen LogP contribution < -0.4 is 0 Å². The number of hydrogen-bond donors (Lipinski definition) is 1. The Morgan fingerprint density at radius 2 is 1.80 bits per heavy atom. The highest BCUT2D eigenvalue weighted by Gasteiger charge is 2.48. The van der Waals surface area contributed by atoms with Crippen molar-refractivity contribution in [1.29, 1.82) is 0 Å².